The van der Waals surface area contributed by atoms with Crippen molar-refractivity contribution in [1.29, 1.82) is 0 Å². The molecule has 0 radical (unpaired) electrons. The van der Waals surface area contributed by atoms with Crippen LogP contribution in [0.4, 0.5) is 0 Å². The first-order chi connectivity index (χ1) is 9.58. The summed E-state index contributed by atoms with van der Waals surface area (Å²) in [5.74, 6) is 1.51. The Morgan fingerprint density at radius 1 is 1.25 bits per heavy atom. The van der Waals surface area contributed by atoms with Crippen LogP contribution < -0.4 is 10.6 Å². The Balaban J connectivity index is 2.48. The standard InChI is InChI=1S/C15H32N4O/c1-6-13(4)18-15(16-5)17-11-14(12(2)3)19-7-9-20-10-8-19/h12-14H,6-11H2,1-5H3,(H2,16,17,18). The van der Waals surface area contributed by atoms with Crippen LogP contribution in [0.3, 0.4) is 0 Å². The second-order valence-corrected chi connectivity index (χ2v) is 5.87. The Bertz CT molecular complexity index is 288. The number of rotatable bonds is 6. The Morgan fingerprint density at radius 2 is 1.90 bits per heavy atom. The second-order valence-electron chi connectivity index (χ2n) is 5.87. The summed E-state index contributed by atoms with van der Waals surface area (Å²) in [7, 11) is 1.83. The maximum Gasteiger partial charge on any atom is 0.191 e. The van der Waals surface area contributed by atoms with Gasteiger partial charge in [-0.1, -0.05) is 20.8 Å². The quantitative estimate of drug-likeness (QED) is 0.570. The smallest absolute Gasteiger partial charge is 0.191 e. The molecule has 0 aromatic carbocycles. The van der Waals surface area contributed by atoms with E-state index in [1.165, 1.54) is 0 Å². The Morgan fingerprint density at radius 3 is 2.40 bits per heavy atom. The normalized spacial score (nSPS) is 20.8. The number of hydrogen-bond donors (Lipinski definition) is 2. The van der Waals surface area contributed by atoms with E-state index in [0.29, 0.717) is 18.0 Å². The van der Waals surface area contributed by atoms with E-state index in [1.807, 2.05) is 7.05 Å². The van der Waals surface area contributed by atoms with Gasteiger partial charge in [0.05, 0.1) is 13.2 Å². The van der Waals surface area contributed by atoms with Crippen LogP contribution in [0.2, 0.25) is 0 Å². The predicted octanol–water partition coefficient (Wildman–Crippen LogP) is 1.31. The van der Waals surface area contributed by atoms with Gasteiger partial charge in [-0.05, 0) is 19.3 Å². The van der Waals surface area contributed by atoms with Gasteiger partial charge in [0.2, 0.25) is 0 Å². The number of aliphatic imine (C=N–C) groups is 1. The summed E-state index contributed by atoms with van der Waals surface area (Å²) in [6, 6.07) is 0.969. The van der Waals surface area contributed by atoms with Gasteiger partial charge in [0.1, 0.15) is 0 Å². The second kappa shape index (κ2) is 9.19. The molecule has 0 spiro atoms. The molecule has 118 valence electrons. The SMILES string of the molecule is CCC(C)NC(=NC)NCC(C(C)C)N1CCOCC1. The lowest BCUT2D eigenvalue weighted by Crippen LogP contribution is -2.53. The summed E-state index contributed by atoms with van der Waals surface area (Å²) >= 11 is 0. The van der Waals surface area contributed by atoms with Gasteiger partial charge in [-0.15, -0.1) is 0 Å². The molecule has 1 rings (SSSR count). The minimum Gasteiger partial charge on any atom is -0.379 e. The van der Waals surface area contributed by atoms with E-state index in [4.69, 9.17) is 4.74 Å². The molecule has 0 aromatic rings. The van der Waals surface area contributed by atoms with Crippen LogP contribution in [0.5, 0.6) is 0 Å². The van der Waals surface area contributed by atoms with Crippen LogP contribution in [-0.2, 0) is 4.74 Å². The maximum atomic E-state index is 5.45. The molecule has 0 amide bonds. The summed E-state index contributed by atoms with van der Waals surface area (Å²) < 4.78 is 5.45. The minimum absolute atomic E-state index is 0.446. The number of morpholine rings is 1. The van der Waals surface area contributed by atoms with E-state index in [2.05, 4.69) is 48.2 Å². The van der Waals surface area contributed by atoms with Crippen molar-refractivity contribution in [3.63, 3.8) is 0 Å². The van der Waals surface area contributed by atoms with E-state index in [-0.39, 0.29) is 0 Å². The fourth-order valence-electron chi connectivity index (χ4n) is 2.43. The molecule has 1 aliphatic heterocycles. The largest absolute Gasteiger partial charge is 0.379 e. The molecule has 1 saturated heterocycles. The van der Waals surface area contributed by atoms with Gasteiger partial charge in [0, 0.05) is 38.8 Å². The third-order valence-electron chi connectivity index (χ3n) is 3.98. The van der Waals surface area contributed by atoms with Gasteiger partial charge >= 0.3 is 0 Å². The lowest BCUT2D eigenvalue weighted by molar-refractivity contribution is 0.00751. The number of guanidine groups is 1. The van der Waals surface area contributed by atoms with E-state index in [0.717, 1.165) is 45.2 Å². The van der Waals surface area contributed by atoms with Gasteiger partial charge in [-0.2, -0.15) is 0 Å². The number of ether oxygens (including phenoxy) is 1. The average Bonchev–Trinajstić information content (AvgIpc) is 2.46. The molecule has 2 N–H and O–H groups in total. The van der Waals surface area contributed by atoms with Crippen molar-refractivity contribution >= 4 is 5.96 Å². The molecule has 2 atom stereocenters. The maximum absolute atomic E-state index is 5.45. The number of nitrogens with zero attached hydrogens (tertiary/aromatic N) is 2. The van der Waals surface area contributed by atoms with Crippen molar-refractivity contribution in [3.05, 3.63) is 0 Å². The highest BCUT2D eigenvalue weighted by molar-refractivity contribution is 5.79. The van der Waals surface area contributed by atoms with Gasteiger partial charge in [0.25, 0.3) is 0 Å². The molecule has 0 aromatic heterocycles. The average molecular weight is 284 g/mol. The highest BCUT2D eigenvalue weighted by atomic mass is 16.5. The summed E-state index contributed by atoms with van der Waals surface area (Å²) in [5, 5.41) is 6.88. The first-order valence-corrected chi connectivity index (χ1v) is 7.87. The van der Waals surface area contributed by atoms with Crippen molar-refractivity contribution in [2.75, 3.05) is 39.9 Å². The number of hydrogen-bond acceptors (Lipinski definition) is 3. The summed E-state index contributed by atoms with van der Waals surface area (Å²) in [6.07, 6.45) is 1.10. The van der Waals surface area contributed by atoms with Crippen LogP contribution in [-0.4, -0.2) is 62.8 Å². The molecule has 1 fully saturated rings. The highest BCUT2D eigenvalue weighted by Gasteiger charge is 2.23. The van der Waals surface area contributed by atoms with Crippen LogP contribution in [0.25, 0.3) is 0 Å². The fourth-order valence-corrected chi connectivity index (χ4v) is 2.43. The molecule has 0 saturated carbocycles. The summed E-state index contributed by atoms with van der Waals surface area (Å²) in [5.41, 5.74) is 0. The van der Waals surface area contributed by atoms with Crippen molar-refractivity contribution in [2.45, 2.75) is 46.2 Å². The van der Waals surface area contributed by atoms with E-state index in [1.54, 1.807) is 0 Å². The van der Waals surface area contributed by atoms with Crippen molar-refractivity contribution in [1.82, 2.24) is 15.5 Å². The van der Waals surface area contributed by atoms with Crippen molar-refractivity contribution in [2.24, 2.45) is 10.9 Å². The molecular weight excluding hydrogens is 252 g/mol. The van der Waals surface area contributed by atoms with Crippen molar-refractivity contribution in [3.8, 4) is 0 Å². The molecule has 1 aliphatic rings. The molecule has 1 heterocycles. The molecule has 20 heavy (non-hydrogen) atoms. The van der Waals surface area contributed by atoms with Crippen LogP contribution in [0.1, 0.15) is 34.1 Å². The Kier molecular flexibility index (Phi) is 7.92. The summed E-state index contributed by atoms with van der Waals surface area (Å²) in [4.78, 5) is 6.83. The van der Waals surface area contributed by atoms with E-state index >= 15 is 0 Å². The van der Waals surface area contributed by atoms with E-state index in [9.17, 15) is 0 Å². The van der Waals surface area contributed by atoms with Crippen LogP contribution in [0.15, 0.2) is 4.99 Å². The topological polar surface area (TPSA) is 48.9 Å². The predicted molar refractivity (Wildman–Crippen MR) is 85.3 cm³/mol. The van der Waals surface area contributed by atoms with Crippen LogP contribution in [0, 0.1) is 5.92 Å². The zero-order chi connectivity index (χ0) is 15.0. The zero-order valence-corrected chi connectivity index (χ0v) is 13.8. The monoisotopic (exact) mass is 284 g/mol. The molecule has 0 aliphatic carbocycles. The van der Waals surface area contributed by atoms with Gasteiger partial charge in [-0.25, -0.2) is 0 Å². The lowest BCUT2D eigenvalue weighted by atomic mass is 10.0. The molecular formula is C15H32N4O. The zero-order valence-electron chi connectivity index (χ0n) is 13.8. The van der Waals surface area contributed by atoms with Gasteiger partial charge in [0.15, 0.2) is 5.96 Å². The first-order valence-electron chi connectivity index (χ1n) is 7.87. The number of nitrogens with one attached hydrogen (secondary N) is 2. The van der Waals surface area contributed by atoms with Gasteiger partial charge < -0.3 is 15.4 Å². The fraction of sp³-hybridized carbons (Fsp3) is 0.933. The summed E-state index contributed by atoms with van der Waals surface area (Å²) in [6.45, 7) is 13.6. The third kappa shape index (κ3) is 5.67. The molecule has 5 nitrogen and oxygen atoms in total. The van der Waals surface area contributed by atoms with E-state index < -0.39 is 0 Å². The Hall–Kier alpha value is -0.810. The molecule has 2 unspecified atom stereocenters. The van der Waals surface area contributed by atoms with Gasteiger partial charge in [-0.3, -0.25) is 9.89 Å². The minimum atomic E-state index is 0.446. The van der Waals surface area contributed by atoms with Crippen LogP contribution >= 0.6 is 0 Å². The highest BCUT2D eigenvalue weighted by Crippen LogP contribution is 2.12. The van der Waals surface area contributed by atoms with Crippen molar-refractivity contribution < 1.29 is 4.74 Å². The molecule has 0 bridgehead atoms. The third-order valence-corrected chi connectivity index (χ3v) is 3.98. The first kappa shape index (κ1) is 17.2. The Labute approximate surface area is 124 Å². The lowest BCUT2D eigenvalue weighted by Gasteiger charge is -2.37. The molecule has 5 heteroatoms.